The third-order valence-corrected chi connectivity index (χ3v) is 7.78. The van der Waals surface area contributed by atoms with Crippen LogP contribution in [0.1, 0.15) is 34.3 Å². The number of pyridine rings is 1. The molecule has 1 saturated heterocycles. The second kappa shape index (κ2) is 10.8. The number of carbonyl (C=O) groups excluding carboxylic acids is 1. The van der Waals surface area contributed by atoms with E-state index in [-0.39, 0.29) is 18.5 Å². The number of anilines is 1. The molecule has 1 aromatic carbocycles. The summed E-state index contributed by atoms with van der Waals surface area (Å²) >= 11 is 0. The zero-order valence-corrected chi connectivity index (χ0v) is 20.3. The van der Waals surface area contributed by atoms with Crippen molar-refractivity contribution in [1.29, 1.82) is 0 Å². The van der Waals surface area contributed by atoms with Crippen molar-refractivity contribution in [2.75, 3.05) is 44.3 Å². The molecule has 2 aliphatic rings. The fourth-order valence-electron chi connectivity index (χ4n) is 4.58. The van der Waals surface area contributed by atoms with Crippen LogP contribution in [0.25, 0.3) is 0 Å². The molecular weight excluding hydrogens is 454 g/mol. The normalized spacial score (nSPS) is 18.8. The summed E-state index contributed by atoms with van der Waals surface area (Å²) in [6.07, 6.45) is 4.47. The lowest BCUT2D eigenvalue weighted by Crippen LogP contribution is -2.42. The van der Waals surface area contributed by atoms with Crippen LogP contribution in [0.15, 0.2) is 42.6 Å². The lowest BCUT2D eigenvalue weighted by molar-refractivity contribution is 0.0842. The first-order valence-corrected chi connectivity index (χ1v) is 13.6. The van der Waals surface area contributed by atoms with Crippen LogP contribution in [0, 0.1) is 0 Å². The number of benzene rings is 1. The van der Waals surface area contributed by atoms with Gasteiger partial charge in [0.25, 0.3) is 5.91 Å². The zero-order valence-electron chi connectivity index (χ0n) is 19.5. The maximum atomic E-state index is 12.6. The number of hydrogen-bond acceptors (Lipinski definition) is 7. The van der Waals surface area contributed by atoms with Crippen LogP contribution in [0.3, 0.4) is 0 Å². The fourth-order valence-corrected chi connectivity index (χ4v) is 5.45. The van der Waals surface area contributed by atoms with Crippen LogP contribution >= 0.6 is 0 Å². The SMILES string of the molecule is CS(=O)(=O)N1CCC(Nc2cc(C(=O)NCC(O)CN3CCc4ccccc4C3)ccn2)CC1. The fraction of sp³-hybridized carbons (Fsp3) is 0.500. The van der Waals surface area contributed by atoms with Crippen LogP contribution in [0.5, 0.6) is 0 Å². The predicted molar refractivity (Wildman–Crippen MR) is 131 cm³/mol. The van der Waals surface area contributed by atoms with E-state index in [2.05, 4.69) is 38.7 Å². The number of nitrogens with zero attached hydrogens (tertiary/aromatic N) is 3. The molecule has 0 bridgehead atoms. The first kappa shape index (κ1) is 24.6. The van der Waals surface area contributed by atoms with E-state index >= 15 is 0 Å². The lowest BCUT2D eigenvalue weighted by atomic mass is 10.00. The van der Waals surface area contributed by atoms with Crippen LogP contribution < -0.4 is 10.6 Å². The first-order valence-electron chi connectivity index (χ1n) is 11.7. The average molecular weight is 488 g/mol. The Balaban J connectivity index is 1.23. The Hall–Kier alpha value is -2.53. The minimum absolute atomic E-state index is 0.0975. The van der Waals surface area contributed by atoms with Gasteiger partial charge in [0.05, 0.1) is 12.4 Å². The number of aliphatic hydroxyl groups is 1. The number of piperidine rings is 1. The van der Waals surface area contributed by atoms with Crippen molar-refractivity contribution in [2.24, 2.45) is 0 Å². The number of β-amino-alcohol motifs (C(OH)–C–C–N with tert-alkyl or cyclic N) is 1. The highest BCUT2D eigenvalue weighted by Gasteiger charge is 2.25. The maximum Gasteiger partial charge on any atom is 0.251 e. The molecule has 2 aliphatic heterocycles. The molecule has 1 unspecified atom stereocenters. The van der Waals surface area contributed by atoms with Gasteiger partial charge in [0.1, 0.15) is 5.82 Å². The molecule has 1 aromatic heterocycles. The van der Waals surface area contributed by atoms with Crippen LogP contribution in [0.4, 0.5) is 5.82 Å². The second-order valence-electron chi connectivity index (χ2n) is 9.13. The summed E-state index contributed by atoms with van der Waals surface area (Å²) in [5.41, 5.74) is 3.12. The Kier molecular flexibility index (Phi) is 7.82. The van der Waals surface area contributed by atoms with E-state index < -0.39 is 16.1 Å². The van der Waals surface area contributed by atoms with Gasteiger partial charge in [-0.05, 0) is 42.5 Å². The molecule has 34 heavy (non-hydrogen) atoms. The number of sulfonamides is 1. The highest BCUT2D eigenvalue weighted by atomic mass is 32.2. The number of fused-ring (bicyclic) bond motifs is 1. The van der Waals surface area contributed by atoms with Gasteiger partial charge in [-0.25, -0.2) is 17.7 Å². The Morgan fingerprint density at radius 1 is 1.18 bits per heavy atom. The molecule has 4 rings (SSSR count). The molecule has 9 nitrogen and oxygen atoms in total. The van der Waals surface area contributed by atoms with E-state index in [4.69, 9.17) is 0 Å². The quantitative estimate of drug-likeness (QED) is 0.510. The first-order chi connectivity index (χ1) is 16.3. The summed E-state index contributed by atoms with van der Waals surface area (Å²) in [6, 6.07) is 11.8. The monoisotopic (exact) mass is 487 g/mol. The molecule has 2 aromatic rings. The van der Waals surface area contributed by atoms with Crippen molar-refractivity contribution in [3.05, 3.63) is 59.3 Å². The van der Waals surface area contributed by atoms with Gasteiger partial charge in [-0.3, -0.25) is 9.69 Å². The molecule has 1 atom stereocenters. The molecule has 3 N–H and O–H groups in total. The highest BCUT2D eigenvalue weighted by Crippen LogP contribution is 2.19. The van der Waals surface area contributed by atoms with E-state index in [9.17, 15) is 18.3 Å². The van der Waals surface area contributed by atoms with Crippen molar-refractivity contribution in [2.45, 2.75) is 38.0 Å². The van der Waals surface area contributed by atoms with Crippen molar-refractivity contribution in [1.82, 2.24) is 19.5 Å². The predicted octanol–water partition coefficient (Wildman–Crippen LogP) is 1.07. The van der Waals surface area contributed by atoms with Crippen LogP contribution in [-0.4, -0.2) is 84.7 Å². The lowest BCUT2D eigenvalue weighted by Gasteiger charge is -2.31. The molecule has 0 radical (unpaired) electrons. The molecule has 0 spiro atoms. The van der Waals surface area contributed by atoms with Gasteiger partial charge < -0.3 is 15.7 Å². The van der Waals surface area contributed by atoms with Crippen molar-refractivity contribution in [3.8, 4) is 0 Å². The number of amides is 1. The van der Waals surface area contributed by atoms with Crippen molar-refractivity contribution >= 4 is 21.7 Å². The Morgan fingerprint density at radius 2 is 1.91 bits per heavy atom. The van der Waals surface area contributed by atoms with Gasteiger partial charge in [0, 0.05) is 57.1 Å². The van der Waals surface area contributed by atoms with Gasteiger partial charge >= 0.3 is 0 Å². The minimum Gasteiger partial charge on any atom is -0.390 e. The van der Waals surface area contributed by atoms with Gasteiger partial charge in [-0.1, -0.05) is 24.3 Å². The number of aromatic nitrogens is 1. The number of hydrogen-bond donors (Lipinski definition) is 3. The minimum atomic E-state index is -3.16. The van der Waals surface area contributed by atoms with E-state index in [1.807, 2.05) is 6.07 Å². The molecule has 1 amide bonds. The summed E-state index contributed by atoms with van der Waals surface area (Å²) in [6.45, 7) is 3.32. The topological polar surface area (TPSA) is 115 Å². The number of carbonyl (C=O) groups is 1. The average Bonchev–Trinajstić information content (AvgIpc) is 2.82. The third-order valence-electron chi connectivity index (χ3n) is 6.47. The third kappa shape index (κ3) is 6.53. The van der Waals surface area contributed by atoms with Gasteiger partial charge in [0.15, 0.2) is 0 Å². The van der Waals surface area contributed by atoms with Gasteiger partial charge in [0.2, 0.25) is 10.0 Å². The highest BCUT2D eigenvalue weighted by molar-refractivity contribution is 7.88. The van der Waals surface area contributed by atoms with Crippen LogP contribution in [0.2, 0.25) is 0 Å². The molecular formula is C24H33N5O4S. The smallest absolute Gasteiger partial charge is 0.251 e. The number of rotatable bonds is 8. The van der Waals surface area contributed by atoms with E-state index in [1.54, 1.807) is 18.3 Å². The summed E-state index contributed by atoms with van der Waals surface area (Å²) in [5.74, 6) is 0.318. The largest absolute Gasteiger partial charge is 0.390 e. The molecule has 10 heteroatoms. The maximum absolute atomic E-state index is 12.6. The van der Waals surface area contributed by atoms with E-state index in [0.717, 1.165) is 19.5 Å². The Labute approximate surface area is 201 Å². The molecule has 0 aliphatic carbocycles. The summed E-state index contributed by atoms with van der Waals surface area (Å²) in [4.78, 5) is 19.1. The van der Waals surface area contributed by atoms with Gasteiger partial charge in [-0.15, -0.1) is 0 Å². The number of aliphatic hydroxyl groups excluding tert-OH is 1. The molecule has 0 saturated carbocycles. The van der Waals surface area contributed by atoms with E-state index in [0.29, 0.717) is 43.9 Å². The summed E-state index contributed by atoms with van der Waals surface area (Å²) in [5, 5.41) is 16.6. The molecule has 3 heterocycles. The Bertz CT molecular complexity index is 1100. The van der Waals surface area contributed by atoms with Crippen molar-refractivity contribution in [3.63, 3.8) is 0 Å². The Morgan fingerprint density at radius 3 is 2.65 bits per heavy atom. The van der Waals surface area contributed by atoms with Crippen LogP contribution in [-0.2, 0) is 23.0 Å². The number of nitrogens with one attached hydrogen (secondary N) is 2. The second-order valence-corrected chi connectivity index (χ2v) is 11.1. The zero-order chi connectivity index (χ0) is 24.1. The standard InChI is InChI=1S/C24H33N5O4S/c1-34(32,33)29-12-8-21(9-13-29)27-23-14-19(6-10-25-23)24(31)26-15-22(30)17-28-11-7-18-4-2-3-5-20(18)16-28/h2-6,10,14,21-22,30H,7-9,11-13,15-17H2,1H3,(H,25,27)(H,26,31). The van der Waals surface area contributed by atoms with Gasteiger partial charge in [-0.2, -0.15) is 0 Å². The molecule has 184 valence electrons. The van der Waals surface area contributed by atoms with E-state index in [1.165, 1.54) is 21.7 Å². The molecule has 1 fully saturated rings. The van der Waals surface area contributed by atoms with Crippen molar-refractivity contribution < 1.29 is 18.3 Å². The summed E-state index contributed by atoms with van der Waals surface area (Å²) < 4.78 is 24.8. The summed E-state index contributed by atoms with van der Waals surface area (Å²) in [7, 11) is -3.16.